The highest BCUT2D eigenvalue weighted by molar-refractivity contribution is 5.92. The predicted molar refractivity (Wildman–Crippen MR) is 150 cm³/mol. The van der Waals surface area contributed by atoms with Crippen molar-refractivity contribution in [3.8, 4) is 0 Å². The molecule has 2 amide bonds. The van der Waals surface area contributed by atoms with Gasteiger partial charge in [0.25, 0.3) is 0 Å². The normalized spacial score (nSPS) is 39.4. The topological polar surface area (TPSA) is 72.9 Å². The van der Waals surface area contributed by atoms with Gasteiger partial charge in [0.15, 0.2) is 0 Å². The van der Waals surface area contributed by atoms with Crippen LogP contribution < -0.4 is 0 Å². The molecule has 0 N–H and O–H groups in total. The lowest BCUT2D eigenvalue weighted by Gasteiger charge is -2.58. The fraction of sp³-hybridized carbons (Fsp3) is 0.788. The van der Waals surface area contributed by atoms with Crippen LogP contribution in [0.5, 0.6) is 0 Å². The van der Waals surface area contributed by atoms with Gasteiger partial charge in [-0.3, -0.25) is 19.3 Å². The van der Waals surface area contributed by atoms with Crippen molar-refractivity contribution in [2.24, 2.45) is 40.4 Å². The minimum Gasteiger partial charge on any atom is -0.494 e. The molecule has 4 aliphatic carbocycles. The molecule has 3 saturated carbocycles. The minimum atomic E-state index is -0.179. The quantitative estimate of drug-likeness (QED) is 0.281. The molecule has 0 aromatic rings. The molecule has 1 heterocycles. The van der Waals surface area contributed by atoms with Crippen molar-refractivity contribution in [2.45, 2.75) is 118 Å². The Hall–Kier alpha value is -2.11. The molecule has 0 aromatic heterocycles. The summed E-state index contributed by atoms with van der Waals surface area (Å²) in [6, 6.07) is 0. The van der Waals surface area contributed by atoms with Gasteiger partial charge < -0.3 is 9.47 Å². The van der Waals surface area contributed by atoms with Gasteiger partial charge in [-0.25, -0.2) is 0 Å². The number of hydrogen-bond donors (Lipinski definition) is 0. The number of carbonyl (C=O) groups is 3. The first-order valence-corrected chi connectivity index (χ1v) is 15.4. The van der Waals surface area contributed by atoms with E-state index in [1.807, 2.05) is 0 Å². The highest BCUT2D eigenvalue weighted by atomic mass is 16.5. The molecule has 0 radical (unpaired) electrons. The van der Waals surface area contributed by atoms with E-state index in [1.54, 1.807) is 5.57 Å². The Balaban J connectivity index is 1.27. The maximum atomic E-state index is 11.8. The number of esters is 1. The molecule has 0 spiro atoms. The maximum absolute atomic E-state index is 11.8. The number of hydrogen-bond acceptors (Lipinski definition) is 5. The van der Waals surface area contributed by atoms with Gasteiger partial charge in [0.05, 0.1) is 5.76 Å². The third-order valence-electron chi connectivity index (χ3n) is 11.7. The van der Waals surface area contributed by atoms with Crippen LogP contribution in [-0.2, 0) is 23.9 Å². The van der Waals surface area contributed by atoms with Crippen LogP contribution in [0.15, 0.2) is 23.0 Å². The summed E-state index contributed by atoms with van der Waals surface area (Å²) < 4.78 is 12.4. The van der Waals surface area contributed by atoms with E-state index in [-0.39, 0.29) is 46.7 Å². The van der Waals surface area contributed by atoms with Crippen LogP contribution in [0.25, 0.3) is 0 Å². The zero-order chi connectivity index (χ0) is 28.3. The van der Waals surface area contributed by atoms with E-state index >= 15 is 0 Å². The van der Waals surface area contributed by atoms with Gasteiger partial charge in [0, 0.05) is 46.1 Å². The highest BCUT2D eigenvalue weighted by Crippen LogP contribution is 2.69. The smallest absolute Gasteiger partial charge is 0.302 e. The molecule has 5 aliphatic rings. The molecular formula is C33H49NO5. The number of amides is 2. The number of carbonyl (C=O) groups excluding carboxylic acids is 3. The average molecular weight is 540 g/mol. The second-order valence-electron chi connectivity index (χ2n) is 14.0. The van der Waals surface area contributed by atoms with Gasteiger partial charge in [-0.1, -0.05) is 32.4 Å². The predicted octanol–water partition coefficient (Wildman–Crippen LogP) is 6.59. The Morgan fingerprint density at radius 3 is 2.49 bits per heavy atom. The Labute approximate surface area is 234 Å². The number of nitrogens with zero attached hydrogens (tertiary/aromatic N) is 1. The Morgan fingerprint density at radius 1 is 1.10 bits per heavy atom. The number of imide groups is 1. The van der Waals surface area contributed by atoms with Crippen molar-refractivity contribution in [1.82, 2.24) is 4.90 Å². The summed E-state index contributed by atoms with van der Waals surface area (Å²) in [5, 5.41) is 0. The van der Waals surface area contributed by atoms with E-state index in [2.05, 4.69) is 33.8 Å². The molecule has 6 heteroatoms. The third-order valence-corrected chi connectivity index (χ3v) is 11.7. The Kier molecular flexibility index (Phi) is 7.56. The van der Waals surface area contributed by atoms with Gasteiger partial charge in [0.2, 0.25) is 11.8 Å². The number of fused-ring (bicyclic) bond motifs is 7. The van der Waals surface area contributed by atoms with E-state index in [4.69, 9.17) is 9.47 Å². The van der Waals surface area contributed by atoms with E-state index in [9.17, 15) is 14.4 Å². The summed E-state index contributed by atoms with van der Waals surface area (Å²) in [4.78, 5) is 36.6. The number of rotatable bonds is 6. The summed E-state index contributed by atoms with van der Waals surface area (Å²) in [6.07, 6.45) is 12.5. The molecule has 39 heavy (non-hydrogen) atoms. The van der Waals surface area contributed by atoms with Crippen molar-refractivity contribution in [3.63, 3.8) is 0 Å². The summed E-state index contributed by atoms with van der Waals surface area (Å²) in [5.74, 6) is 3.48. The maximum Gasteiger partial charge on any atom is 0.302 e. The first-order chi connectivity index (χ1) is 18.3. The fourth-order valence-corrected chi connectivity index (χ4v) is 9.81. The molecule has 1 aliphatic heterocycles. The summed E-state index contributed by atoms with van der Waals surface area (Å²) in [5.41, 5.74) is 3.50. The summed E-state index contributed by atoms with van der Waals surface area (Å²) in [7, 11) is 0. The van der Waals surface area contributed by atoms with Gasteiger partial charge in [0.1, 0.15) is 12.2 Å². The van der Waals surface area contributed by atoms with Crippen molar-refractivity contribution in [3.05, 3.63) is 23.0 Å². The van der Waals surface area contributed by atoms with Gasteiger partial charge >= 0.3 is 5.97 Å². The second kappa shape index (κ2) is 10.4. The second-order valence-corrected chi connectivity index (χ2v) is 14.0. The lowest BCUT2D eigenvalue weighted by atomic mass is 9.47. The lowest BCUT2D eigenvalue weighted by molar-refractivity contribution is -0.149. The first kappa shape index (κ1) is 28.4. The van der Waals surface area contributed by atoms with Crippen LogP contribution in [0, 0.1) is 40.4 Å². The van der Waals surface area contributed by atoms with E-state index in [0.29, 0.717) is 30.2 Å². The zero-order valence-corrected chi connectivity index (χ0v) is 25.2. The molecule has 3 fully saturated rings. The van der Waals surface area contributed by atoms with E-state index in [1.165, 1.54) is 44.1 Å². The Bertz CT molecular complexity index is 1080. The van der Waals surface area contributed by atoms with Crippen molar-refractivity contribution >= 4 is 17.8 Å². The SMILES string of the molecule is CC(=O)OC1CCC2(C)C(=CCC3C2CCC2(C)C3CC3OC(CCC(C)CN(C(C)=O)C(C)=O)=C(C)C32)C1. The van der Waals surface area contributed by atoms with Gasteiger partial charge in [-0.15, -0.1) is 0 Å². The van der Waals surface area contributed by atoms with Crippen molar-refractivity contribution in [1.29, 1.82) is 0 Å². The zero-order valence-electron chi connectivity index (χ0n) is 25.2. The van der Waals surface area contributed by atoms with Crippen LogP contribution in [0.3, 0.4) is 0 Å². The van der Waals surface area contributed by atoms with Crippen LogP contribution in [-0.4, -0.2) is 41.4 Å². The molecule has 0 aromatic carbocycles. The standard InChI is InChI=1S/C33H49NO5/c1-19(18-34(21(3)35)22(4)36)8-11-29-20(2)31-30(39-29)17-28-26-10-9-24-16-25(38-23(5)37)12-14-32(24,6)27(26)13-15-33(28,31)7/h9,19,25-28,30-31H,8,10-18H2,1-7H3. The molecule has 9 unspecified atom stereocenters. The monoisotopic (exact) mass is 539 g/mol. The molecule has 9 atom stereocenters. The van der Waals surface area contributed by atoms with Gasteiger partial charge in [-0.2, -0.15) is 0 Å². The van der Waals surface area contributed by atoms with Crippen molar-refractivity contribution < 1.29 is 23.9 Å². The van der Waals surface area contributed by atoms with Crippen LogP contribution in [0.2, 0.25) is 0 Å². The van der Waals surface area contributed by atoms with Crippen LogP contribution in [0.4, 0.5) is 0 Å². The largest absolute Gasteiger partial charge is 0.494 e. The number of allylic oxidation sites excluding steroid dienone is 2. The van der Waals surface area contributed by atoms with E-state index < -0.39 is 0 Å². The first-order valence-electron chi connectivity index (χ1n) is 15.4. The van der Waals surface area contributed by atoms with Gasteiger partial charge in [-0.05, 0) is 91.9 Å². The number of ether oxygens (including phenoxy) is 2. The summed E-state index contributed by atoms with van der Waals surface area (Å²) in [6.45, 7) is 14.4. The lowest BCUT2D eigenvalue weighted by Crippen LogP contribution is -2.50. The van der Waals surface area contributed by atoms with Crippen LogP contribution in [0.1, 0.15) is 106 Å². The molecule has 216 valence electrons. The van der Waals surface area contributed by atoms with E-state index in [0.717, 1.165) is 50.7 Å². The molecule has 5 rings (SSSR count). The molecule has 0 saturated heterocycles. The van der Waals surface area contributed by atoms with Crippen molar-refractivity contribution in [2.75, 3.05) is 6.54 Å². The summed E-state index contributed by atoms with van der Waals surface area (Å²) >= 11 is 0. The molecule has 6 nitrogen and oxygen atoms in total. The molecular weight excluding hydrogens is 490 g/mol. The van der Waals surface area contributed by atoms with Crippen LogP contribution >= 0.6 is 0 Å². The highest BCUT2D eigenvalue weighted by Gasteiger charge is 2.63. The average Bonchev–Trinajstić information content (AvgIpc) is 3.33. The molecule has 0 bridgehead atoms. The fourth-order valence-electron chi connectivity index (χ4n) is 9.81. The Morgan fingerprint density at radius 2 is 1.82 bits per heavy atom. The third kappa shape index (κ3) is 4.88. The minimum absolute atomic E-state index is 0.0494.